The van der Waals surface area contributed by atoms with E-state index in [9.17, 15) is 22.4 Å². The van der Waals surface area contributed by atoms with Crippen molar-refractivity contribution in [3.05, 3.63) is 29.3 Å². The lowest BCUT2D eigenvalue weighted by atomic mass is 9.99. The molecule has 0 aromatic heterocycles. The summed E-state index contributed by atoms with van der Waals surface area (Å²) in [5.74, 6) is -0.987. The van der Waals surface area contributed by atoms with Crippen LogP contribution in [0.15, 0.2) is 23.1 Å². The fourth-order valence-corrected chi connectivity index (χ4v) is 4.62. The van der Waals surface area contributed by atoms with Crippen LogP contribution in [0.2, 0.25) is 0 Å². The van der Waals surface area contributed by atoms with Gasteiger partial charge in [-0.05, 0) is 38.0 Å². The second kappa shape index (κ2) is 5.10. The van der Waals surface area contributed by atoms with Crippen LogP contribution in [0, 0.1) is 0 Å². The maximum atomic E-state index is 14.1. The number of imide groups is 1. The van der Waals surface area contributed by atoms with Crippen LogP contribution >= 0.6 is 0 Å². The first-order valence-electron chi connectivity index (χ1n) is 7.29. The molecule has 0 saturated carbocycles. The fraction of sp³-hybridized carbons (Fsp3) is 0.467. The number of fused-ring (bicyclic) bond motifs is 1. The van der Waals surface area contributed by atoms with Crippen molar-refractivity contribution in [2.75, 3.05) is 20.1 Å². The molecule has 0 radical (unpaired) electrons. The second-order valence-electron chi connectivity index (χ2n) is 6.23. The van der Waals surface area contributed by atoms with Crippen molar-refractivity contribution in [3.63, 3.8) is 0 Å². The maximum Gasteiger partial charge on any atom is 0.261 e. The third kappa shape index (κ3) is 2.55. The topological polar surface area (TPSA) is 74.8 Å². The molecule has 1 atom stereocenters. The van der Waals surface area contributed by atoms with Gasteiger partial charge in [-0.25, -0.2) is 12.8 Å². The number of hydrogen-bond acceptors (Lipinski definition) is 4. The molecule has 2 aliphatic rings. The lowest BCUT2D eigenvalue weighted by Gasteiger charge is -2.34. The number of carbonyl (C=O) groups excluding carboxylic acids is 2. The van der Waals surface area contributed by atoms with Crippen molar-refractivity contribution in [3.8, 4) is 0 Å². The van der Waals surface area contributed by atoms with Crippen LogP contribution < -0.4 is 0 Å². The minimum atomic E-state index is -3.90. The molecular formula is C15H17FN2O4S. The van der Waals surface area contributed by atoms with Gasteiger partial charge in [-0.15, -0.1) is 0 Å². The van der Waals surface area contributed by atoms with E-state index in [0.717, 1.165) is 9.21 Å². The first-order valence-corrected chi connectivity index (χ1v) is 8.73. The minimum Gasteiger partial charge on any atom is -0.277 e. The lowest BCUT2D eigenvalue weighted by molar-refractivity contribution is 0.0693. The molecule has 6 nitrogen and oxygen atoms in total. The van der Waals surface area contributed by atoms with E-state index < -0.39 is 27.5 Å². The molecule has 0 spiro atoms. The highest BCUT2D eigenvalue weighted by Gasteiger charge is 2.39. The number of carbonyl (C=O) groups is 2. The number of nitrogens with zero attached hydrogens (tertiary/aromatic N) is 2. The van der Waals surface area contributed by atoms with Crippen LogP contribution in [0.4, 0.5) is 4.39 Å². The van der Waals surface area contributed by atoms with Crippen molar-refractivity contribution < 1.29 is 22.4 Å². The van der Waals surface area contributed by atoms with Gasteiger partial charge in [0.05, 0.1) is 16.0 Å². The highest BCUT2D eigenvalue weighted by molar-refractivity contribution is 7.89. The largest absolute Gasteiger partial charge is 0.277 e. The number of amides is 2. The van der Waals surface area contributed by atoms with E-state index >= 15 is 0 Å². The molecule has 0 N–H and O–H groups in total. The van der Waals surface area contributed by atoms with E-state index in [0.29, 0.717) is 12.8 Å². The molecule has 0 aliphatic carbocycles. The Morgan fingerprint density at radius 3 is 2.48 bits per heavy atom. The van der Waals surface area contributed by atoms with Crippen LogP contribution in [0.3, 0.4) is 0 Å². The number of rotatable bonds is 2. The molecule has 1 aromatic carbocycles. The number of alkyl halides is 1. The lowest BCUT2D eigenvalue weighted by Crippen LogP contribution is -2.46. The smallest absolute Gasteiger partial charge is 0.261 e. The standard InChI is InChI=1S/C15H17FN2O4S/c1-15(16)6-3-7-18(9-15)23(21,22)10-4-5-11-12(8-10)14(20)17(2)13(11)19/h4-5,8H,3,6-7,9H2,1-2H3. The van der Waals surface area contributed by atoms with Gasteiger partial charge < -0.3 is 0 Å². The van der Waals surface area contributed by atoms with E-state index in [1.165, 1.54) is 32.2 Å². The van der Waals surface area contributed by atoms with Gasteiger partial charge in [0.15, 0.2) is 0 Å². The third-order valence-corrected chi connectivity index (χ3v) is 6.15. The Labute approximate surface area is 133 Å². The number of benzene rings is 1. The molecule has 2 aliphatic heterocycles. The Morgan fingerprint density at radius 1 is 1.17 bits per heavy atom. The van der Waals surface area contributed by atoms with Crippen molar-refractivity contribution in [2.24, 2.45) is 0 Å². The monoisotopic (exact) mass is 340 g/mol. The second-order valence-corrected chi connectivity index (χ2v) is 8.17. The highest BCUT2D eigenvalue weighted by atomic mass is 32.2. The molecule has 23 heavy (non-hydrogen) atoms. The molecule has 8 heteroatoms. The van der Waals surface area contributed by atoms with Crippen LogP contribution in [0.5, 0.6) is 0 Å². The Bertz CT molecular complexity index is 804. The van der Waals surface area contributed by atoms with E-state index in [1.807, 2.05) is 0 Å². The predicted octanol–water partition coefficient (Wildman–Crippen LogP) is 1.43. The molecule has 0 bridgehead atoms. The molecule has 1 aromatic rings. The Balaban J connectivity index is 2.00. The first-order chi connectivity index (χ1) is 10.6. The Morgan fingerprint density at radius 2 is 1.83 bits per heavy atom. The van der Waals surface area contributed by atoms with Gasteiger partial charge in [-0.1, -0.05) is 0 Å². The predicted molar refractivity (Wildman–Crippen MR) is 80.4 cm³/mol. The summed E-state index contributed by atoms with van der Waals surface area (Å²) in [6.45, 7) is 1.42. The summed E-state index contributed by atoms with van der Waals surface area (Å²) in [5, 5.41) is 0. The summed E-state index contributed by atoms with van der Waals surface area (Å²) in [5.41, 5.74) is -1.31. The van der Waals surface area contributed by atoms with Gasteiger partial charge in [0.2, 0.25) is 10.0 Å². The van der Waals surface area contributed by atoms with E-state index in [1.54, 1.807) is 0 Å². The number of halogens is 1. The average molecular weight is 340 g/mol. The van der Waals surface area contributed by atoms with Crippen LogP contribution in [-0.4, -0.2) is 55.2 Å². The number of hydrogen-bond donors (Lipinski definition) is 0. The zero-order chi connectivity index (χ0) is 17.0. The molecule has 1 saturated heterocycles. The molecule has 1 unspecified atom stereocenters. The van der Waals surface area contributed by atoms with Crippen molar-refractivity contribution in [2.45, 2.75) is 30.3 Å². The van der Waals surface area contributed by atoms with Crippen molar-refractivity contribution in [1.82, 2.24) is 9.21 Å². The maximum absolute atomic E-state index is 14.1. The first kappa shape index (κ1) is 16.1. The van der Waals surface area contributed by atoms with Gasteiger partial charge >= 0.3 is 0 Å². The molecule has 3 rings (SSSR count). The van der Waals surface area contributed by atoms with Crippen molar-refractivity contribution >= 4 is 21.8 Å². The molecule has 1 fully saturated rings. The summed E-state index contributed by atoms with van der Waals surface area (Å²) >= 11 is 0. The highest BCUT2D eigenvalue weighted by Crippen LogP contribution is 2.30. The van der Waals surface area contributed by atoms with Gasteiger partial charge in [0.25, 0.3) is 11.8 Å². The van der Waals surface area contributed by atoms with Crippen LogP contribution in [0.1, 0.15) is 40.5 Å². The average Bonchev–Trinajstić information content (AvgIpc) is 2.71. The quantitative estimate of drug-likeness (QED) is 0.763. The zero-order valence-corrected chi connectivity index (χ0v) is 13.7. The fourth-order valence-electron chi connectivity index (χ4n) is 3.00. The minimum absolute atomic E-state index is 0.0681. The summed E-state index contributed by atoms with van der Waals surface area (Å²) in [7, 11) is -2.56. The molecule has 124 valence electrons. The van der Waals surface area contributed by atoms with Gasteiger partial charge in [-0.2, -0.15) is 4.31 Å². The summed E-state index contributed by atoms with van der Waals surface area (Å²) in [4.78, 5) is 24.7. The van der Waals surface area contributed by atoms with Crippen LogP contribution in [-0.2, 0) is 10.0 Å². The van der Waals surface area contributed by atoms with E-state index in [-0.39, 0.29) is 29.1 Å². The van der Waals surface area contributed by atoms with Gasteiger partial charge in [0.1, 0.15) is 5.67 Å². The van der Waals surface area contributed by atoms with E-state index in [4.69, 9.17) is 0 Å². The molecular weight excluding hydrogens is 323 g/mol. The Kier molecular flexibility index (Phi) is 3.57. The normalized spacial score (nSPS) is 25.8. The SMILES string of the molecule is CN1C(=O)c2ccc(S(=O)(=O)N3CCCC(C)(F)C3)cc2C1=O. The van der Waals surface area contributed by atoms with Crippen molar-refractivity contribution in [1.29, 1.82) is 0 Å². The molecule has 2 amide bonds. The van der Waals surface area contributed by atoms with Gasteiger partial charge in [0, 0.05) is 20.1 Å². The third-order valence-electron chi connectivity index (χ3n) is 4.31. The summed E-state index contributed by atoms with van der Waals surface area (Å²) in [6.07, 6.45) is 0.762. The Hall–Kier alpha value is -1.80. The number of sulfonamides is 1. The zero-order valence-electron chi connectivity index (χ0n) is 12.9. The van der Waals surface area contributed by atoms with E-state index in [2.05, 4.69) is 0 Å². The summed E-state index contributed by atoms with van der Waals surface area (Å²) < 4.78 is 40.6. The molecule has 2 heterocycles. The summed E-state index contributed by atoms with van der Waals surface area (Å²) in [6, 6.07) is 3.84. The number of piperidine rings is 1. The van der Waals surface area contributed by atoms with Crippen LogP contribution in [0.25, 0.3) is 0 Å². The van der Waals surface area contributed by atoms with Gasteiger partial charge in [-0.3, -0.25) is 14.5 Å².